The van der Waals surface area contributed by atoms with Gasteiger partial charge in [-0.05, 0) is 43.2 Å². The molecule has 0 aliphatic heterocycles. The molecule has 2 nitrogen and oxygen atoms in total. The lowest BCUT2D eigenvalue weighted by Crippen LogP contribution is -2.07. The number of nitrogens with two attached hydrogens (primary N) is 1. The highest BCUT2D eigenvalue weighted by atomic mass is 79.9. The van der Waals surface area contributed by atoms with Gasteiger partial charge >= 0.3 is 6.18 Å². The van der Waals surface area contributed by atoms with Gasteiger partial charge in [-0.2, -0.15) is 13.2 Å². The van der Waals surface area contributed by atoms with Gasteiger partial charge in [0.15, 0.2) is 0 Å². The Morgan fingerprint density at radius 1 is 1.00 bits per heavy atom. The van der Waals surface area contributed by atoms with E-state index in [9.17, 15) is 13.2 Å². The molecule has 0 aliphatic carbocycles. The molecule has 2 N–H and O–H groups in total. The molecule has 0 aliphatic rings. The number of halogens is 4. The highest BCUT2D eigenvalue weighted by molar-refractivity contribution is 9.10. The maximum Gasteiger partial charge on any atom is 0.420 e. The van der Waals surface area contributed by atoms with Crippen LogP contribution in [0.25, 0.3) is 0 Å². The van der Waals surface area contributed by atoms with Crippen LogP contribution in [0.5, 0.6) is 11.5 Å². The van der Waals surface area contributed by atoms with Crippen molar-refractivity contribution in [3.05, 3.63) is 51.5 Å². The minimum Gasteiger partial charge on any atom is -0.456 e. The van der Waals surface area contributed by atoms with Crippen molar-refractivity contribution in [3.8, 4) is 11.5 Å². The lowest BCUT2D eigenvalue weighted by atomic mass is 10.1. The summed E-state index contributed by atoms with van der Waals surface area (Å²) in [4.78, 5) is 0. The van der Waals surface area contributed by atoms with E-state index in [0.29, 0.717) is 15.9 Å². The molecule has 2 aromatic carbocycles. The molecule has 0 bridgehead atoms. The standard InChI is InChI=1S/C15H13BrF3NO/c1-8-5-9(2)14(7-12(8)20)21-13-4-3-10(16)6-11(13)15(17,18)19/h3-7H,20H2,1-2H3. The van der Waals surface area contributed by atoms with Gasteiger partial charge in [0.2, 0.25) is 0 Å². The molecule has 2 rings (SSSR count). The summed E-state index contributed by atoms with van der Waals surface area (Å²) in [6.07, 6.45) is -4.50. The van der Waals surface area contributed by atoms with E-state index in [2.05, 4.69) is 15.9 Å². The van der Waals surface area contributed by atoms with Crippen molar-refractivity contribution in [2.24, 2.45) is 0 Å². The van der Waals surface area contributed by atoms with Gasteiger partial charge in [-0.1, -0.05) is 22.0 Å². The second-order valence-corrected chi connectivity index (χ2v) is 5.63. The van der Waals surface area contributed by atoms with E-state index in [4.69, 9.17) is 10.5 Å². The van der Waals surface area contributed by atoms with Crippen molar-refractivity contribution in [2.75, 3.05) is 5.73 Å². The third kappa shape index (κ3) is 3.50. The predicted molar refractivity (Wildman–Crippen MR) is 79.5 cm³/mol. The third-order valence-electron chi connectivity index (χ3n) is 3.03. The van der Waals surface area contributed by atoms with Crippen molar-refractivity contribution in [1.82, 2.24) is 0 Å². The second kappa shape index (κ2) is 5.60. The molecular formula is C15H13BrF3NO. The average Bonchev–Trinajstić information content (AvgIpc) is 2.36. The molecule has 0 unspecified atom stereocenters. The lowest BCUT2D eigenvalue weighted by Gasteiger charge is -2.16. The summed E-state index contributed by atoms with van der Waals surface area (Å²) in [6, 6.07) is 7.08. The Morgan fingerprint density at radius 2 is 1.67 bits per heavy atom. The van der Waals surface area contributed by atoms with Crippen LogP contribution in [-0.2, 0) is 6.18 Å². The van der Waals surface area contributed by atoms with Gasteiger partial charge in [0.1, 0.15) is 11.5 Å². The highest BCUT2D eigenvalue weighted by Crippen LogP contribution is 2.40. The topological polar surface area (TPSA) is 35.2 Å². The second-order valence-electron chi connectivity index (χ2n) is 4.71. The molecule has 0 fully saturated rings. The Morgan fingerprint density at radius 3 is 2.29 bits per heavy atom. The average molecular weight is 360 g/mol. The molecule has 6 heteroatoms. The number of hydrogen-bond donors (Lipinski definition) is 1. The summed E-state index contributed by atoms with van der Waals surface area (Å²) in [5.41, 5.74) is 6.99. The van der Waals surface area contributed by atoms with Crippen LogP contribution in [-0.4, -0.2) is 0 Å². The van der Waals surface area contributed by atoms with Crippen molar-refractivity contribution in [2.45, 2.75) is 20.0 Å². The smallest absolute Gasteiger partial charge is 0.420 e. The number of aryl methyl sites for hydroxylation is 2. The van der Waals surface area contributed by atoms with Crippen LogP contribution in [0.15, 0.2) is 34.8 Å². The van der Waals surface area contributed by atoms with Gasteiger partial charge in [0.05, 0.1) is 5.56 Å². The number of benzene rings is 2. The van der Waals surface area contributed by atoms with Gasteiger partial charge in [0, 0.05) is 16.2 Å². The van der Waals surface area contributed by atoms with Crippen molar-refractivity contribution in [3.63, 3.8) is 0 Å². The first-order valence-corrected chi connectivity index (χ1v) is 6.89. The van der Waals surface area contributed by atoms with Gasteiger partial charge < -0.3 is 10.5 Å². The van der Waals surface area contributed by atoms with E-state index in [-0.39, 0.29) is 5.75 Å². The summed E-state index contributed by atoms with van der Waals surface area (Å²) >= 11 is 3.03. The fraction of sp³-hybridized carbons (Fsp3) is 0.200. The Hall–Kier alpha value is -1.69. The zero-order chi connectivity index (χ0) is 15.8. The first kappa shape index (κ1) is 15.7. The fourth-order valence-electron chi connectivity index (χ4n) is 1.89. The van der Waals surface area contributed by atoms with E-state index >= 15 is 0 Å². The fourth-order valence-corrected chi connectivity index (χ4v) is 2.25. The Bertz CT molecular complexity index is 683. The van der Waals surface area contributed by atoms with Crippen molar-refractivity contribution >= 4 is 21.6 Å². The maximum atomic E-state index is 13.0. The van der Waals surface area contributed by atoms with Gasteiger partial charge in [-0.25, -0.2) is 0 Å². The molecule has 2 aromatic rings. The number of alkyl halides is 3. The van der Waals surface area contributed by atoms with Gasteiger partial charge in [-0.3, -0.25) is 0 Å². The van der Waals surface area contributed by atoms with Crippen LogP contribution in [0.2, 0.25) is 0 Å². The summed E-state index contributed by atoms with van der Waals surface area (Å²) in [6.45, 7) is 3.58. The maximum absolute atomic E-state index is 13.0. The van der Waals surface area contributed by atoms with Crippen LogP contribution in [0, 0.1) is 13.8 Å². The molecule has 0 atom stereocenters. The number of rotatable bonds is 2. The van der Waals surface area contributed by atoms with Crippen LogP contribution >= 0.6 is 15.9 Å². The van der Waals surface area contributed by atoms with E-state index in [1.165, 1.54) is 18.2 Å². The molecule has 0 radical (unpaired) electrons. The number of ether oxygens (including phenoxy) is 1. The molecule has 0 saturated heterocycles. The van der Waals surface area contributed by atoms with Crippen LogP contribution in [0.1, 0.15) is 16.7 Å². The molecule has 0 saturated carbocycles. The Kier molecular flexibility index (Phi) is 4.18. The van der Waals surface area contributed by atoms with Crippen LogP contribution in [0.3, 0.4) is 0 Å². The molecule has 21 heavy (non-hydrogen) atoms. The van der Waals surface area contributed by atoms with E-state index in [1.54, 1.807) is 13.0 Å². The summed E-state index contributed by atoms with van der Waals surface area (Å²) in [7, 11) is 0. The molecule has 0 heterocycles. The molecule has 112 valence electrons. The third-order valence-corrected chi connectivity index (χ3v) is 3.52. The Labute approximate surface area is 128 Å². The van der Waals surface area contributed by atoms with Crippen LogP contribution < -0.4 is 10.5 Å². The molecule has 0 aromatic heterocycles. The highest BCUT2D eigenvalue weighted by Gasteiger charge is 2.34. The minimum absolute atomic E-state index is 0.253. The lowest BCUT2D eigenvalue weighted by molar-refractivity contribution is -0.138. The van der Waals surface area contributed by atoms with Crippen molar-refractivity contribution in [1.29, 1.82) is 0 Å². The largest absolute Gasteiger partial charge is 0.456 e. The molecule has 0 spiro atoms. The van der Waals surface area contributed by atoms with Gasteiger partial charge in [-0.15, -0.1) is 0 Å². The zero-order valence-corrected chi connectivity index (χ0v) is 13.0. The van der Waals surface area contributed by atoms with Gasteiger partial charge in [0.25, 0.3) is 0 Å². The number of hydrogen-bond acceptors (Lipinski definition) is 2. The summed E-state index contributed by atoms with van der Waals surface area (Å²) in [5, 5.41) is 0. The van der Waals surface area contributed by atoms with E-state index < -0.39 is 11.7 Å². The SMILES string of the molecule is Cc1cc(C)c(Oc2ccc(Br)cc2C(F)(F)F)cc1N. The molecular weight excluding hydrogens is 347 g/mol. The summed E-state index contributed by atoms with van der Waals surface area (Å²) < 4.78 is 44.9. The number of anilines is 1. The Balaban J connectivity index is 2.47. The zero-order valence-electron chi connectivity index (χ0n) is 11.4. The first-order valence-electron chi connectivity index (χ1n) is 6.10. The quantitative estimate of drug-likeness (QED) is 0.722. The summed E-state index contributed by atoms with van der Waals surface area (Å²) in [5.74, 6) is 0.0583. The predicted octanol–water partition coefficient (Wildman–Crippen LogP) is 5.46. The number of nitrogen functional groups attached to an aromatic ring is 1. The van der Waals surface area contributed by atoms with Crippen LogP contribution in [0.4, 0.5) is 18.9 Å². The first-order chi connectivity index (χ1) is 9.68. The monoisotopic (exact) mass is 359 g/mol. The van der Waals surface area contributed by atoms with E-state index in [1.807, 2.05) is 6.92 Å². The normalized spacial score (nSPS) is 11.5. The molecule has 0 amide bonds. The van der Waals surface area contributed by atoms with E-state index in [0.717, 1.165) is 17.2 Å². The minimum atomic E-state index is -4.50. The van der Waals surface area contributed by atoms with Crippen molar-refractivity contribution < 1.29 is 17.9 Å².